The third-order valence-electron chi connectivity index (χ3n) is 4.06. The summed E-state index contributed by atoms with van der Waals surface area (Å²) in [6.45, 7) is 5.70. The van der Waals surface area contributed by atoms with E-state index in [4.69, 9.17) is 4.74 Å². The van der Waals surface area contributed by atoms with Crippen LogP contribution in [0.4, 0.5) is 4.39 Å². The summed E-state index contributed by atoms with van der Waals surface area (Å²) in [5.41, 5.74) is 1.04. The van der Waals surface area contributed by atoms with E-state index in [0.717, 1.165) is 18.5 Å². The van der Waals surface area contributed by atoms with Crippen molar-refractivity contribution in [3.05, 3.63) is 59.9 Å². The predicted octanol–water partition coefficient (Wildman–Crippen LogP) is 2.79. The Labute approximate surface area is 172 Å². The highest BCUT2D eigenvalue weighted by Gasteiger charge is 2.07. The lowest BCUT2D eigenvalue weighted by molar-refractivity contribution is 0.230. The molecule has 0 fully saturated rings. The fourth-order valence-electron chi connectivity index (χ4n) is 2.57. The second-order valence-electron chi connectivity index (χ2n) is 6.69. The Morgan fingerprint density at radius 2 is 1.76 bits per heavy atom. The van der Waals surface area contributed by atoms with E-state index in [9.17, 15) is 12.8 Å². The zero-order valence-corrected chi connectivity index (χ0v) is 17.8. The van der Waals surface area contributed by atoms with Gasteiger partial charge >= 0.3 is 0 Å². The molecule has 0 radical (unpaired) electrons. The van der Waals surface area contributed by atoms with Gasteiger partial charge in [0.2, 0.25) is 0 Å². The summed E-state index contributed by atoms with van der Waals surface area (Å²) >= 11 is 0. The number of hydrogen-bond acceptors (Lipinski definition) is 4. The Morgan fingerprint density at radius 3 is 2.34 bits per heavy atom. The highest BCUT2D eigenvalue weighted by molar-refractivity contribution is 7.90. The molecule has 0 aliphatic carbocycles. The van der Waals surface area contributed by atoms with Gasteiger partial charge in [-0.25, -0.2) is 17.8 Å². The van der Waals surface area contributed by atoms with Crippen LogP contribution in [0.2, 0.25) is 0 Å². The molecule has 1 atom stereocenters. The first kappa shape index (κ1) is 22.7. The molecule has 0 amide bonds. The van der Waals surface area contributed by atoms with E-state index in [2.05, 4.69) is 15.6 Å². The molecule has 2 aromatic rings. The monoisotopic (exact) mass is 421 g/mol. The minimum atomic E-state index is -3.18. The summed E-state index contributed by atoms with van der Waals surface area (Å²) < 4.78 is 41.7. The lowest BCUT2D eigenvalue weighted by atomic mass is 10.1. The molecule has 158 valence electrons. The maximum absolute atomic E-state index is 13.0. The van der Waals surface area contributed by atoms with Crippen LogP contribution in [0, 0.1) is 5.82 Å². The van der Waals surface area contributed by atoms with E-state index in [-0.39, 0.29) is 11.9 Å². The summed E-state index contributed by atoms with van der Waals surface area (Å²) in [5, 5.41) is 6.44. The number of guanidine groups is 1. The average Bonchev–Trinajstić information content (AvgIpc) is 2.67. The molecule has 0 aromatic heterocycles. The first-order valence-electron chi connectivity index (χ1n) is 9.51. The van der Waals surface area contributed by atoms with Crippen LogP contribution in [0.5, 0.6) is 5.75 Å². The highest BCUT2D eigenvalue weighted by Crippen LogP contribution is 2.13. The van der Waals surface area contributed by atoms with Gasteiger partial charge in [0.1, 0.15) is 17.7 Å². The molecule has 0 saturated carbocycles. The fraction of sp³-hybridized carbons (Fsp3) is 0.381. The third kappa shape index (κ3) is 8.11. The molecule has 6 nitrogen and oxygen atoms in total. The number of benzene rings is 2. The third-order valence-corrected chi connectivity index (χ3v) is 5.19. The normalized spacial score (nSPS) is 13.0. The van der Waals surface area contributed by atoms with Gasteiger partial charge in [0.15, 0.2) is 15.8 Å². The Hall–Kier alpha value is -2.61. The lowest BCUT2D eigenvalue weighted by Gasteiger charge is -2.15. The molecule has 0 aliphatic heterocycles. The SMILES string of the molecule is CCNC(=NCC(C)Oc1ccc(F)cc1)NCCc1ccc(S(C)(=O)=O)cc1. The predicted molar refractivity (Wildman–Crippen MR) is 114 cm³/mol. The molecule has 2 aromatic carbocycles. The van der Waals surface area contributed by atoms with Gasteiger partial charge < -0.3 is 15.4 Å². The molecule has 2 N–H and O–H groups in total. The number of sulfone groups is 1. The van der Waals surface area contributed by atoms with Crippen LogP contribution < -0.4 is 15.4 Å². The van der Waals surface area contributed by atoms with Gasteiger partial charge in [-0.1, -0.05) is 12.1 Å². The zero-order chi connectivity index (χ0) is 21.3. The van der Waals surface area contributed by atoms with Gasteiger partial charge in [0.05, 0.1) is 11.4 Å². The second-order valence-corrected chi connectivity index (χ2v) is 8.71. The molecule has 0 aliphatic rings. The number of halogens is 1. The van der Waals surface area contributed by atoms with Crippen molar-refractivity contribution in [1.82, 2.24) is 10.6 Å². The summed E-state index contributed by atoms with van der Waals surface area (Å²) in [6, 6.07) is 12.8. The quantitative estimate of drug-likeness (QED) is 0.481. The van der Waals surface area contributed by atoms with Crippen molar-refractivity contribution in [3.63, 3.8) is 0 Å². The van der Waals surface area contributed by atoms with Crippen molar-refractivity contribution in [2.24, 2.45) is 4.99 Å². The van der Waals surface area contributed by atoms with Gasteiger partial charge in [-0.2, -0.15) is 0 Å². The van der Waals surface area contributed by atoms with Crippen molar-refractivity contribution in [3.8, 4) is 5.75 Å². The Morgan fingerprint density at radius 1 is 1.10 bits per heavy atom. The standard InChI is InChI=1S/C21H28FN3O3S/c1-4-23-21(25-15-16(2)28-19-9-7-18(22)8-10-19)24-14-13-17-5-11-20(12-6-17)29(3,26)27/h5-12,16H,4,13-15H2,1-3H3,(H2,23,24,25). The Bertz CT molecular complexity index is 898. The molecule has 2 rings (SSSR count). The molecule has 0 spiro atoms. The van der Waals surface area contributed by atoms with Crippen LogP contribution in [-0.2, 0) is 16.3 Å². The first-order valence-corrected chi connectivity index (χ1v) is 11.4. The van der Waals surface area contributed by atoms with Crippen molar-refractivity contribution in [2.75, 3.05) is 25.9 Å². The maximum Gasteiger partial charge on any atom is 0.191 e. The first-order chi connectivity index (χ1) is 13.8. The topological polar surface area (TPSA) is 79.8 Å². The van der Waals surface area contributed by atoms with Crippen LogP contribution in [0.3, 0.4) is 0 Å². The van der Waals surface area contributed by atoms with Crippen LogP contribution in [0.15, 0.2) is 58.4 Å². The second kappa shape index (κ2) is 10.8. The zero-order valence-electron chi connectivity index (χ0n) is 17.0. The van der Waals surface area contributed by atoms with Gasteiger partial charge in [0.25, 0.3) is 0 Å². The van der Waals surface area contributed by atoms with Gasteiger partial charge in [0, 0.05) is 19.3 Å². The molecular formula is C21H28FN3O3S. The van der Waals surface area contributed by atoms with Gasteiger partial charge in [-0.15, -0.1) is 0 Å². The van der Waals surface area contributed by atoms with Crippen LogP contribution in [-0.4, -0.2) is 46.4 Å². The van der Waals surface area contributed by atoms with Crippen LogP contribution in [0.1, 0.15) is 19.4 Å². The minimum absolute atomic E-state index is 0.167. The van der Waals surface area contributed by atoms with Crippen molar-refractivity contribution in [1.29, 1.82) is 0 Å². The summed E-state index contributed by atoms with van der Waals surface area (Å²) in [7, 11) is -3.18. The van der Waals surface area contributed by atoms with Crippen molar-refractivity contribution >= 4 is 15.8 Å². The fourth-order valence-corrected chi connectivity index (χ4v) is 3.20. The Kier molecular flexibility index (Phi) is 8.45. The summed E-state index contributed by atoms with van der Waals surface area (Å²) in [5.74, 6) is 0.979. The van der Waals surface area contributed by atoms with Crippen molar-refractivity contribution < 1.29 is 17.5 Å². The average molecular weight is 422 g/mol. The number of rotatable bonds is 9. The number of hydrogen-bond donors (Lipinski definition) is 2. The molecule has 8 heteroatoms. The smallest absolute Gasteiger partial charge is 0.191 e. The van der Waals surface area contributed by atoms with E-state index in [0.29, 0.717) is 29.7 Å². The molecule has 29 heavy (non-hydrogen) atoms. The molecular weight excluding hydrogens is 393 g/mol. The van der Waals surface area contributed by atoms with E-state index in [1.807, 2.05) is 26.0 Å². The largest absolute Gasteiger partial charge is 0.489 e. The van der Waals surface area contributed by atoms with E-state index >= 15 is 0 Å². The molecule has 1 unspecified atom stereocenters. The van der Waals surface area contributed by atoms with Crippen LogP contribution >= 0.6 is 0 Å². The molecule has 0 bridgehead atoms. The number of aliphatic imine (C=N–C) groups is 1. The van der Waals surface area contributed by atoms with E-state index < -0.39 is 9.84 Å². The van der Waals surface area contributed by atoms with Gasteiger partial charge in [-0.05, 0) is 62.2 Å². The van der Waals surface area contributed by atoms with Gasteiger partial charge in [-0.3, -0.25) is 0 Å². The van der Waals surface area contributed by atoms with Crippen molar-refractivity contribution in [2.45, 2.75) is 31.3 Å². The number of nitrogens with one attached hydrogen (secondary N) is 2. The lowest BCUT2D eigenvalue weighted by Crippen LogP contribution is -2.39. The van der Waals surface area contributed by atoms with E-state index in [1.165, 1.54) is 18.4 Å². The number of ether oxygens (including phenoxy) is 1. The molecule has 0 heterocycles. The Balaban J connectivity index is 1.84. The van der Waals surface area contributed by atoms with Crippen LogP contribution in [0.25, 0.3) is 0 Å². The highest BCUT2D eigenvalue weighted by atomic mass is 32.2. The summed E-state index contributed by atoms with van der Waals surface area (Å²) in [6.07, 6.45) is 1.76. The maximum atomic E-state index is 13.0. The summed E-state index contributed by atoms with van der Waals surface area (Å²) in [4.78, 5) is 4.84. The minimum Gasteiger partial charge on any atom is -0.489 e. The molecule has 0 saturated heterocycles. The van der Waals surface area contributed by atoms with E-state index in [1.54, 1.807) is 24.3 Å². The number of nitrogens with zero attached hydrogens (tertiary/aromatic N) is 1.